The molecule has 4 rings (SSSR count). The van der Waals surface area contributed by atoms with Crippen molar-refractivity contribution in [3.8, 4) is 11.8 Å². The molecule has 1 fully saturated rings. The number of para-hydroxylation sites is 2. The maximum atomic E-state index is 12.8. The number of furan rings is 1. The summed E-state index contributed by atoms with van der Waals surface area (Å²) in [6.07, 6.45) is 0.360. The van der Waals surface area contributed by atoms with E-state index in [0.717, 1.165) is 30.9 Å². The number of carbonyl (C=O) groups excluding carboxylic acids is 1. The number of morpholine rings is 1. The maximum absolute atomic E-state index is 12.8. The molecule has 2 unspecified atom stereocenters. The first-order chi connectivity index (χ1) is 16.0. The molecule has 33 heavy (non-hydrogen) atoms. The van der Waals surface area contributed by atoms with E-state index in [1.165, 1.54) is 0 Å². The van der Waals surface area contributed by atoms with Crippen molar-refractivity contribution in [1.29, 1.82) is 5.26 Å². The third kappa shape index (κ3) is 5.80. The number of ether oxygens (including phenoxy) is 2. The number of hydrogen-bond donors (Lipinski definition) is 1. The van der Waals surface area contributed by atoms with Crippen LogP contribution >= 0.6 is 0 Å². The Morgan fingerprint density at radius 3 is 2.61 bits per heavy atom. The lowest BCUT2D eigenvalue weighted by Crippen LogP contribution is -2.44. The predicted octanol–water partition coefficient (Wildman–Crippen LogP) is 4.59. The molecule has 170 valence electrons. The monoisotopic (exact) mass is 445 g/mol. The number of nitriles is 1. The lowest BCUT2D eigenvalue weighted by Gasteiger charge is -2.35. The van der Waals surface area contributed by atoms with Gasteiger partial charge in [0.1, 0.15) is 24.2 Å². The van der Waals surface area contributed by atoms with Gasteiger partial charge in [-0.05, 0) is 49.7 Å². The quantitative estimate of drug-likeness (QED) is 0.572. The fourth-order valence-electron chi connectivity index (χ4n) is 4.03. The fourth-order valence-corrected chi connectivity index (χ4v) is 4.03. The summed E-state index contributed by atoms with van der Waals surface area (Å²) in [6.45, 7) is 6.70. The van der Waals surface area contributed by atoms with Gasteiger partial charge >= 0.3 is 0 Å². The largest absolute Gasteiger partial charge is 0.484 e. The molecule has 2 aromatic carbocycles. The van der Waals surface area contributed by atoms with Crippen molar-refractivity contribution in [1.82, 2.24) is 4.90 Å². The molecule has 0 saturated carbocycles. The molecule has 7 nitrogen and oxygen atoms in total. The lowest BCUT2D eigenvalue weighted by molar-refractivity contribution is -0.0704. The van der Waals surface area contributed by atoms with E-state index in [4.69, 9.17) is 19.2 Å². The number of benzene rings is 2. The highest BCUT2D eigenvalue weighted by Gasteiger charge is 2.23. The molecule has 1 aromatic heterocycles. The Morgan fingerprint density at radius 1 is 1.09 bits per heavy atom. The zero-order chi connectivity index (χ0) is 23.2. The van der Waals surface area contributed by atoms with Crippen LogP contribution in [0.25, 0.3) is 0 Å². The van der Waals surface area contributed by atoms with Gasteiger partial charge in [0, 0.05) is 25.3 Å². The highest BCUT2D eigenvalue weighted by Crippen LogP contribution is 2.22. The van der Waals surface area contributed by atoms with Crippen LogP contribution in [0.1, 0.15) is 41.3 Å². The molecule has 0 bridgehead atoms. The molecule has 1 saturated heterocycles. The second-order valence-electron chi connectivity index (χ2n) is 8.23. The summed E-state index contributed by atoms with van der Waals surface area (Å²) in [6, 6.07) is 20.2. The van der Waals surface area contributed by atoms with Gasteiger partial charge in [0.05, 0.1) is 17.8 Å². The molecular weight excluding hydrogens is 418 g/mol. The molecule has 0 radical (unpaired) electrons. The van der Waals surface area contributed by atoms with Crippen molar-refractivity contribution >= 4 is 11.6 Å². The topological polar surface area (TPSA) is 87.7 Å². The van der Waals surface area contributed by atoms with Crippen LogP contribution in [0.4, 0.5) is 5.69 Å². The Bertz CT molecular complexity index is 1140. The molecular formula is C26H27N3O4. The van der Waals surface area contributed by atoms with E-state index in [1.807, 2.05) is 24.3 Å². The standard InChI is InChI=1S/C26H27N3O4/c1-18-14-29(15-19(2)32-18)16-21-8-3-5-9-23(21)28-26(30)25-12-11-22(33-25)17-31-24-10-6-4-7-20(24)13-27/h3-12,18-19H,14-17H2,1-2H3,(H,28,30). The van der Waals surface area contributed by atoms with E-state index in [2.05, 4.69) is 30.1 Å². The first-order valence-electron chi connectivity index (χ1n) is 11.0. The summed E-state index contributed by atoms with van der Waals surface area (Å²) < 4.78 is 17.2. The number of nitrogens with one attached hydrogen (secondary N) is 1. The Morgan fingerprint density at radius 2 is 1.82 bits per heavy atom. The van der Waals surface area contributed by atoms with E-state index in [9.17, 15) is 4.79 Å². The normalized spacial score (nSPS) is 18.5. The van der Waals surface area contributed by atoms with Crippen LogP contribution in [0, 0.1) is 11.3 Å². The summed E-state index contributed by atoms with van der Waals surface area (Å²) in [4.78, 5) is 15.2. The van der Waals surface area contributed by atoms with E-state index in [-0.39, 0.29) is 30.5 Å². The minimum absolute atomic E-state index is 0.121. The van der Waals surface area contributed by atoms with Crippen molar-refractivity contribution in [3.05, 3.63) is 83.3 Å². The van der Waals surface area contributed by atoms with Crippen molar-refractivity contribution in [3.63, 3.8) is 0 Å². The second kappa shape index (κ2) is 10.3. The van der Waals surface area contributed by atoms with Crippen LogP contribution in [0.3, 0.4) is 0 Å². The zero-order valence-electron chi connectivity index (χ0n) is 18.8. The summed E-state index contributed by atoms with van der Waals surface area (Å²) in [5.74, 6) is 0.848. The van der Waals surface area contributed by atoms with Gasteiger partial charge in [0.15, 0.2) is 5.76 Å². The minimum Gasteiger partial charge on any atom is -0.484 e. The Labute approximate surface area is 193 Å². The third-order valence-electron chi connectivity index (χ3n) is 5.42. The second-order valence-corrected chi connectivity index (χ2v) is 8.23. The molecule has 2 atom stereocenters. The van der Waals surface area contributed by atoms with Crippen molar-refractivity contribution in [2.45, 2.75) is 39.2 Å². The van der Waals surface area contributed by atoms with Crippen molar-refractivity contribution in [2.24, 2.45) is 0 Å². The smallest absolute Gasteiger partial charge is 0.291 e. The van der Waals surface area contributed by atoms with Crippen LogP contribution in [-0.4, -0.2) is 36.1 Å². The van der Waals surface area contributed by atoms with Gasteiger partial charge in [-0.25, -0.2) is 0 Å². The first kappa shape index (κ1) is 22.6. The minimum atomic E-state index is -0.324. The average molecular weight is 446 g/mol. The van der Waals surface area contributed by atoms with Crippen LogP contribution in [0.5, 0.6) is 5.75 Å². The van der Waals surface area contributed by atoms with Crippen LogP contribution < -0.4 is 10.1 Å². The number of hydrogen-bond acceptors (Lipinski definition) is 6. The highest BCUT2D eigenvalue weighted by molar-refractivity contribution is 6.02. The molecule has 1 N–H and O–H groups in total. The van der Waals surface area contributed by atoms with Crippen molar-refractivity contribution < 1.29 is 18.7 Å². The van der Waals surface area contributed by atoms with Gasteiger partial charge in [-0.2, -0.15) is 5.26 Å². The van der Waals surface area contributed by atoms with Gasteiger partial charge in [0.2, 0.25) is 0 Å². The van der Waals surface area contributed by atoms with Gasteiger partial charge in [-0.15, -0.1) is 0 Å². The van der Waals surface area contributed by atoms with Gasteiger partial charge in [-0.3, -0.25) is 9.69 Å². The Hall–Kier alpha value is -3.60. The number of rotatable bonds is 7. The molecule has 3 aromatic rings. The Kier molecular flexibility index (Phi) is 7.08. The maximum Gasteiger partial charge on any atom is 0.291 e. The number of carbonyl (C=O) groups is 1. The summed E-state index contributed by atoms with van der Waals surface area (Å²) in [5, 5.41) is 12.1. The number of nitrogens with zero attached hydrogens (tertiary/aromatic N) is 2. The fraction of sp³-hybridized carbons (Fsp3) is 0.308. The summed E-state index contributed by atoms with van der Waals surface area (Å²) in [5.41, 5.74) is 2.24. The van der Waals surface area contributed by atoms with Gasteiger partial charge < -0.3 is 19.2 Å². The zero-order valence-corrected chi connectivity index (χ0v) is 18.8. The average Bonchev–Trinajstić information content (AvgIpc) is 3.28. The molecule has 1 aliphatic rings. The number of anilines is 1. The van der Waals surface area contributed by atoms with Gasteiger partial charge in [-0.1, -0.05) is 30.3 Å². The predicted molar refractivity (Wildman–Crippen MR) is 124 cm³/mol. The van der Waals surface area contributed by atoms with Gasteiger partial charge in [0.25, 0.3) is 5.91 Å². The SMILES string of the molecule is CC1CN(Cc2ccccc2NC(=O)c2ccc(COc3ccccc3C#N)o2)CC(C)O1. The summed E-state index contributed by atoms with van der Waals surface area (Å²) in [7, 11) is 0. The lowest BCUT2D eigenvalue weighted by atomic mass is 10.1. The molecule has 0 aliphatic carbocycles. The summed E-state index contributed by atoms with van der Waals surface area (Å²) >= 11 is 0. The van der Waals surface area contributed by atoms with Crippen molar-refractivity contribution in [2.75, 3.05) is 18.4 Å². The third-order valence-corrected chi connectivity index (χ3v) is 5.42. The highest BCUT2D eigenvalue weighted by atomic mass is 16.5. The molecule has 1 aliphatic heterocycles. The molecule has 1 amide bonds. The van der Waals surface area contributed by atoms with E-state index < -0.39 is 0 Å². The molecule has 0 spiro atoms. The van der Waals surface area contributed by atoms with E-state index in [1.54, 1.807) is 36.4 Å². The van der Waals surface area contributed by atoms with Crippen LogP contribution in [0.2, 0.25) is 0 Å². The van der Waals surface area contributed by atoms with Crippen LogP contribution in [-0.2, 0) is 17.9 Å². The Balaban J connectivity index is 1.39. The van der Waals surface area contributed by atoms with E-state index >= 15 is 0 Å². The van der Waals surface area contributed by atoms with E-state index in [0.29, 0.717) is 17.1 Å². The first-order valence-corrected chi connectivity index (χ1v) is 11.0. The number of amides is 1. The molecule has 2 heterocycles. The van der Waals surface area contributed by atoms with Crippen LogP contribution in [0.15, 0.2) is 65.1 Å². The molecule has 7 heteroatoms.